The predicted molar refractivity (Wildman–Crippen MR) is 40.5 cm³/mol. The third kappa shape index (κ3) is 1.14. The number of hydrogen-bond donors (Lipinski definition) is 1. The average Bonchev–Trinajstić information content (AvgIpc) is 2.23. The van der Waals surface area contributed by atoms with Gasteiger partial charge in [-0.1, -0.05) is 0 Å². The Morgan fingerprint density at radius 1 is 1.56 bits per heavy atom. The first-order valence-corrected chi connectivity index (χ1v) is 4.35. The summed E-state index contributed by atoms with van der Waals surface area (Å²) in [7, 11) is -0.473. The Kier molecular flexibility index (Phi) is 2.14. The van der Waals surface area contributed by atoms with Crippen molar-refractivity contribution < 1.29 is 4.21 Å². The van der Waals surface area contributed by atoms with Gasteiger partial charge in [0.25, 0.3) is 0 Å². The molecule has 2 nitrogen and oxygen atoms in total. The maximum absolute atomic E-state index is 10.9. The van der Waals surface area contributed by atoms with Crippen LogP contribution in [0.2, 0.25) is 0 Å². The second kappa shape index (κ2) is 2.56. The first-order valence-electron chi connectivity index (χ1n) is 2.97. The van der Waals surface area contributed by atoms with Crippen molar-refractivity contribution in [2.75, 3.05) is 12.3 Å². The maximum Gasteiger partial charge on any atom is 0.0488 e. The summed E-state index contributed by atoms with van der Waals surface area (Å²) in [6.45, 7) is 0.997. The molecule has 2 bridgehead atoms. The molecule has 3 atom stereocenters. The Bertz CT molecular complexity index is 141. The molecule has 2 aliphatic rings. The Hall–Kier alpha value is 0.400. The van der Waals surface area contributed by atoms with Crippen LogP contribution in [0.5, 0.6) is 0 Å². The van der Waals surface area contributed by atoms with E-state index in [0.717, 1.165) is 18.7 Å². The summed E-state index contributed by atoms with van der Waals surface area (Å²) in [6, 6.07) is 0.598. The normalized spacial score (nSPS) is 46.9. The van der Waals surface area contributed by atoms with Gasteiger partial charge in [-0.15, -0.1) is 12.4 Å². The molecule has 0 spiro atoms. The second-order valence-electron chi connectivity index (χ2n) is 2.51. The van der Waals surface area contributed by atoms with Gasteiger partial charge in [-0.25, -0.2) is 0 Å². The van der Waals surface area contributed by atoms with E-state index >= 15 is 0 Å². The van der Waals surface area contributed by atoms with E-state index in [2.05, 4.69) is 5.32 Å². The van der Waals surface area contributed by atoms with Gasteiger partial charge in [0.1, 0.15) is 0 Å². The zero-order valence-corrected chi connectivity index (χ0v) is 6.63. The van der Waals surface area contributed by atoms with Crippen LogP contribution in [0.15, 0.2) is 0 Å². The molecule has 0 amide bonds. The van der Waals surface area contributed by atoms with Crippen LogP contribution in [0.3, 0.4) is 0 Å². The molecule has 2 fully saturated rings. The lowest BCUT2D eigenvalue weighted by atomic mass is 10.3. The second-order valence-corrected chi connectivity index (χ2v) is 4.27. The molecule has 0 aliphatic carbocycles. The van der Waals surface area contributed by atoms with E-state index < -0.39 is 10.8 Å². The summed E-state index contributed by atoms with van der Waals surface area (Å²) in [6.07, 6.45) is 1.16. The molecule has 0 saturated carbocycles. The zero-order chi connectivity index (χ0) is 5.56. The van der Waals surface area contributed by atoms with Crippen LogP contribution in [0.1, 0.15) is 6.42 Å². The van der Waals surface area contributed by atoms with Gasteiger partial charge in [0.05, 0.1) is 0 Å². The summed E-state index contributed by atoms with van der Waals surface area (Å²) in [5, 5.41) is 3.79. The van der Waals surface area contributed by atoms with Crippen molar-refractivity contribution >= 4 is 23.2 Å². The smallest absolute Gasteiger partial charge is 0.0488 e. The quantitative estimate of drug-likeness (QED) is 0.546. The maximum atomic E-state index is 10.9. The minimum Gasteiger partial charge on any atom is -0.312 e. The third-order valence-electron chi connectivity index (χ3n) is 1.92. The molecule has 4 heteroatoms. The van der Waals surface area contributed by atoms with E-state index in [-0.39, 0.29) is 12.4 Å². The Morgan fingerprint density at radius 2 is 2.33 bits per heavy atom. The van der Waals surface area contributed by atoms with E-state index in [1.54, 1.807) is 0 Å². The van der Waals surface area contributed by atoms with Crippen molar-refractivity contribution in [1.82, 2.24) is 5.32 Å². The number of halogens is 1. The van der Waals surface area contributed by atoms with Crippen LogP contribution in [0.4, 0.5) is 0 Å². The Balaban J connectivity index is 0.000000405. The van der Waals surface area contributed by atoms with Crippen molar-refractivity contribution in [2.24, 2.45) is 0 Å². The highest BCUT2D eigenvalue weighted by Crippen LogP contribution is 2.21. The van der Waals surface area contributed by atoms with E-state index in [1.165, 1.54) is 0 Å². The van der Waals surface area contributed by atoms with E-state index in [4.69, 9.17) is 0 Å². The van der Waals surface area contributed by atoms with Gasteiger partial charge in [0, 0.05) is 34.4 Å². The van der Waals surface area contributed by atoms with Gasteiger partial charge in [0.15, 0.2) is 0 Å². The fraction of sp³-hybridized carbons (Fsp3) is 1.00. The van der Waals surface area contributed by atoms with Gasteiger partial charge in [0.2, 0.25) is 0 Å². The minimum atomic E-state index is -0.473. The zero-order valence-electron chi connectivity index (χ0n) is 5.00. The van der Waals surface area contributed by atoms with Crippen LogP contribution in [0, 0.1) is 0 Å². The van der Waals surface area contributed by atoms with Gasteiger partial charge < -0.3 is 5.32 Å². The molecule has 0 aromatic rings. The Morgan fingerprint density at radius 3 is 2.56 bits per heavy atom. The topological polar surface area (TPSA) is 29.1 Å². The molecule has 0 radical (unpaired) electrons. The van der Waals surface area contributed by atoms with Gasteiger partial charge in [-0.3, -0.25) is 4.21 Å². The number of rotatable bonds is 0. The monoisotopic (exact) mass is 167 g/mol. The SMILES string of the molecule is Cl.O=S1C[C@@H]2C[C@H]1CN2. The number of fused-ring (bicyclic) bond motifs is 2. The highest BCUT2D eigenvalue weighted by Gasteiger charge is 2.36. The van der Waals surface area contributed by atoms with Crippen molar-refractivity contribution in [3.8, 4) is 0 Å². The molecule has 0 aromatic carbocycles. The van der Waals surface area contributed by atoms with Gasteiger partial charge in [-0.2, -0.15) is 0 Å². The molecule has 2 aliphatic heterocycles. The molecule has 1 N–H and O–H groups in total. The molecule has 2 rings (SSSR count). The Labute approximate surface area is 63.3 Å². The van der Waals surface area contributed by atoms with Crippen molar-refractivity contribution in [2.45, 2.75) is 17.7 Å². The number of nitrogens with one attached hydrogen (secondary N) is 1. The lowest BCUT2D eigenvalue weighted by Gasteiger charge is -2.08. The molecule has 9 heavy (non-hydrogen) atoms. The van der Waals surface area contributed by atoms with Crippen LogP contribution < -0.4 is 5.32 Å². The van der Waals surface area contributed by atoms with E-state index in [0.29, 0.717) is 11.3 Å². The first-order chi connectivity index (χ1) is 3.86. The summed E-state index contributed by atoms with van der Waals surface area (Å²) in [5.74, 6) is 0.907. The first kappa shape index (κ1) is 7.51. The van der Waals surface area contributed by atoms with Crippen molar-refractivity contribution in [3.63, 3.8) is 0 Å². The fourth-order valence-electron chi connectivity index (χ4n) is 1.44. The van der Waals surface area contributed by atoms with Crippen LogP contribution >= 0.6 is 12.4 Å². The largest absolute Gasteiger partial charge is 0.312 e. The lowest BCUT2D eigenvalue weighted by Crippen LogP contribution is -2.32. The van der Waals surface area contributed by atoms with Crippen LogP contribution in [-0.2, 0) is 10.8 Å². The summed E-state index contributed by atoms with van der Waals surface area (Å²) < 4.78 is 10.9. The van der Waals surface area contributed by atoms with Crippen molar-refractivity contribution in [3.05, 3.63) is 0 Å². The van der Waals surface area contributed by atoms with Crippen molar-refractivity contribution in [1.29, 1.82) is 0 Å². The van der Waals surface area contributed by atoms with E-state index in [1.807, 2.05) is 0 Å². The highest BCUT2D eigenvalue weighted by atomic mass is 35.5. The predicted octanol–water partition coefficient (Wildman–Crippen LogP) is -0.0990. The molecule has 54 valence electrons. The van der Waals surface area contributed by atoms with Gasteiger partial charge in [-0.05, 0) is 6.42 Å². The molecule has 2 saturated heterocycles. The number of hydrogen-bond acceptors (Lipinski definition) is 2. The summed E-state index contributed by atoms with van der Waals surface area (Å²) in [5.41, 5.74) is 0. The highest BCUT2D eigenvalue weighted by molar-refractivity contribution is 7.86. The van der Waals surface area contributed by atoms with E-state index in [9.17, 15) is 4.21 Å². The van der Waals surface area contributed by atoms with Crippen LogP contribution in [-0.4, -0.2) is 27.8 Å². The fourth-order valence-corrected chi connectivity index (χ4v) is 3.10. The minimum absolute atomic E-state index is 0. The average molecular weight is 168 g/mol. The molecule has 0 aromatic heterocycles. The third-order valence-corrected chi connectivity index (χ3v) is 3.75. The molecular weight excluding hydrogens is 158 g/mol. The van der Waals surface area contributed by atoms with Crippen LogP contribution in [0.25, 0.3) is 0 Å². The molecule has 1 unspecified atom stereocenters. The molecule has 2 heterocycles. The molecular formula is C5H10ClNOS. The lowest BCUT2D eigenvalue weighted by molar-refractivity contribution is 0.648. The summed E-state index contributed by atoms with van der Waals surface area (Å²) >= 11 is 0. The summed E-state index contributed by atoms with van der Waals surface area (Å²) in [4.78, 5) is 0. The standard InChI is InChI=1S/C5H9NOS.ClH/c7-8-3-4-1-5(8)2-6-4;/h4-6H,1-3H2;1H/t4-,5-,8?;/m0./s1. The van der Waals surface area contributed by atoms with Gasteiger partial charge >= 0.3 is 0 Å².